The van der Waals surface area contributed by atoms with Crippen molar-refractivity contribution in [2.24, 2.45) is 4.99 Å². The molecule has 6 nitrogen and oxygen atoms in total. The highest BCUT2D eigenvalue weighted by Gasteiger charge is 2.33. The molecule has 2 aromatic heterocycles. The number of ether oxygens (including phenoxy) is 1. The van der Waals surface area contributed by atoms with E-state index in [1.165, 1.54) is 16.9 Å². The van der Waals surface area contributed by atoms with E-state index in [1.54, 1.807) is 30.5 Å². The molecule has 0 saturated heterocycles. The van der Waals surface area contributed by atoms with Crippen LogP contribution in [0, 0.1) is 6.92 Å². The van der Waals surface area contributed by atoms with Crippen molar-refractivity contribution in [3.8, 4) is 28.2 Å². The lowest BCUT2D eigenvalue weighted by atomic mass is 9.96. The molecule has 0 bridgehead atoms. The summed E-state index contributed by atoms with van der Waals surface area (Å²) in [6.07, 6.45) is 1.95. The molecular weight excluding hydrogens is 638 g/mol. The highest BCUT2D eigenvalue weighted by molar-refractivity contribution is 7.07. The third-order valence-electron chi connectivity index (χ3n) is 8.43. The number of carbonyl (C=O) groups excluding carboxylic acids is 1. The standard InChI is InChI=1S/C40H32ClN3O3S/c1-4-47-39(46)35-26(3)42-40-44(37(35)29-17-19-31(41)20-18-29)38(45)34(48-40)24-30-23-33(27-11-7-5-8-12-27)43(32-21-15-25(2)16-22-32)36(30)28-13-9-6-10-14-28/h5-24,37H,4H2,1-3H3/b34-24-/t37-/m0/s1. The van der Waals surface area contributed by atoms with E-state index in [1.807, 2.05) is 54.6 Å². The van der Waals surface area contributed by atoms with Crippen LogP contribution in [-0.2, 0) is 9.53 Å². The average molecular weight is 670 g/mol. The molecule has 0 unspecified atom stereocenters. The third-order valence-corrected chi connectivity index (χ3v) is 9.66. The van der Waals surface area contributed by atoms with Gasteiger partial charge in [0.15, 0.2) is 4.80 Å². The number of hydrogen-bond acceptors (Lipinski definition) is 5. The number of halogens is 1. The van der Waals surface area contributed by atoms with Crippen molar-refractivity contribution in [3.05, 3.63) is 168 Å². The van der Waals surface area contributed by atoms with E-state index in [0.29, 0.717) is 25.6 Å². The topological polar surface area (TPSA) is 65.6 Å². The zero-order valence-electron chi connectivity index (χ0n) is 26.7. The van der Waals surface area contributed by atoms with E-state index in [4.69, 9.17) is 21.3 Å². The Morgan fingerprint density at radius 2 is 1.54 bits per heavy atom. The van der Waals surface area contributed by atoms with Crippen LogP contribution in [0.25, 0.3) is 34.3 Å². The van der Waals surface area contributed by atoms with Gasteiger partial charge in [-0.05, 0) is 73.9 Å². The fourth-order valence-electron chi connectivity index (χ4n) is 6.21. The zero-order valence-corrected chi connectivity index (χ0v) is 28.3. The van der Waals surface area contributed by atoms with Gasteiger partial charge in [0, 0.05) is 16.3 Å². The quantitative estimate of drug-likeness (QED) is 0.163. The molecule has 6 aromatic rings. The van der Waals surface area contributed by atoms with Crippen molar-refractivity contribution in [2.75, 3.05) is 6.61 Å². The van der Waals surface area contributed by atoms with Crippen molar-refractivity contribution in [2.45, 2.75) is 26.8 Å². The highest BCUT2D eigenvalue weighted by atomic mass is 35.5. The van der Waals surface area contributed by atoms with E-state index in [0.717, 1.165) is 39.3 Å². The Hall–Kier alpha value is -5.24. The lowest BCUT2D eigenvalue weighted by molar-refractivity contribution is -0.139. The van der Waals surface area contributed by atoms with Gasteiger partial charge in [-0.15, -0.1) is 0 Å². The van der Waals surface area contributed by atoms with Gasteiger partial charge in [-0.3, -0.25) is 9.36 Å². The van der Waals surface area contributed by atoms with Crippen molar-refractivity contribution in [1.29, 1.82) is 0 Å². The molecule has 0 aliphatic carbocycles. The highest BCUT2D eigenvalue weighted by Crippen LogP contribution is 2.37. The summed E-state index contributed by atoms with van der Waals surface area (Å²) in [6, 6.07) is 37.5. The summed E-state index contributed by atoms with van der Waals surface area (Å²) in [5, 5.41) is 0.560. The predicted octanol–water partition coefficient (Wildman–Crippen LogP) is 7.88. The summed E-state index contributed by atoms with van der Waals surface area (Å²) >= 11 is 7.54. The van der Waals surface area contributed by atoms with Gasteiger partial charge < -0.3 is 9.30 Å². The van der Waals surface area contributed by atoms with Crippen LogP contribution in [0.1, 0.15) is 36.6 Å². The van der Waals surface area contributed by atoms with Gasteiger partial charge in [0.05, 0.1) is 39.8 Å². The maximum absolute atomic E-state index is 14.5. The Balaban J connectivity index is 1.51. The number of carbonyl (C=O) groups is 1. The van der Waals surface area contributed by atoms with Crippen LogP contribution in [0.3, 0.4) is 0 Å². The maximum Gasteiger partial charge on any atom is 0.338 e. The van der Waals surface area contributed by atoms with Crippen LogP contribution in [0.2, 0.25) is 5.02 Å². The predicted molar refractivity (Wildman–Crippen MR) is 193 cm³/mol. The lowest BCUT2D eigenvalue weighted by Gasteiger charge is -2.24. The summed E-state index contributed by atoms with van der Waals surface area (Å²) in [4.78, 5) is 33.1. The minimum Gasteiger partial charge on any atom is -0.463 e. The van der Waals surface area contributed by atoms with E-state index in [-0.39, 0.29) is 12.2 Å². The summed E-state index contributed by atoms with van der Waals surface area (Å²) in [6.45, 7) is 5.83. The number of benzene rings is 4. The van der Waals surface area contributed by atoms with E-state index < -0.39 is 12.0 Å². The van der Waals surface area contributed by atoms with Crippen molar-refractivity contribution in [3.63, 3.8) is 0 Å². The molecule has 1 aliphatic rings. The molecule has 8 heteroatoms. The van der Waals surface area contributed by atoms with Gasteiger partial charge in [-0.25, -0.2) is 9.79 Å². The Bertz CT molecular complexity index is 2350. The monoisotopic (exact) mass is 669 g/mol. The van der Waals surface area contributed by atoms with Crippen molar-refractivity contribution < 1.29 is 9.53 Å². The molecule has 3 heterocycles. The second-order valence-corrected chi connectivity index (χ2v) is 13.0. The molecule has 0 radical (unpaired) electrons. The minimum atomic E-state index is -0.717. The first-order chi connectivity index (χ1) is 23.3. The molecule has 1 atom stereocenters. The molecule has 48 heavy (non-hydrogen) atoms. The Kier molecular flexibility index (Phi) is 8.56. The number of allylic oxidation sites excluding steroid dienone is 1. The number of nitrogens with zero attached hydrogens (tertiary/aromatic N) is 3. The molecule has 0 fully saturated rings. The molecule has 1 aliphatic heterocycles. The van der Waals surface area contributed by atoms with Crippen LogP contribution in [0.15, 0.2) is 136 Å². The molecule has 0 saturated carbocycles. The van der Waals surface area contributed by atoms with E-state index >= 15 is 0 Å². The fraction of sp³-hybridized carbons (Fsp3) is 0.125. The van der Waals surface area contributed by atoms with Gasteiger partial charge in [0.2, 0.25) is 0 Å². The minimum absolute atomic E-state index is 0.206. The van der Waals surface area contributed by atoms with Crippen LogP contribution in [0.5, 0.6) is 0 Å². The summed E-state index contributed by atoms with van der Waals surface area (Å²) in [5.74, 6) is -0.498. The summed E-state index contributed by atoms with van der Waals surface area (Å²) in [5.41, 5.74) is 8.44. The van der Waals surface area contributed by atoms with Crippen LogP contribution < -0.4 is 14.9 Å². The number of fused-ring (bicyclic) bond motifs is 1. The second-order valence-electron chi connectivity index (χ2n) is 11.6. The van der Waals surface area contributed by atoms with Crippen LogP contribution in [0.4, 0.5) is 0 Å². The van der Waals surface area contributed by atoms with Crippen molar-refractivity contribution >= 4 is 35.0 Å². The number of aromatic nitrogens is 2. The summed E-state index contributed by atoms with van der Waals surface area (Å²) < 4.78 is 9.82. The summed E-state index contributed by atoms with van der Waals surface area (Å²) in [7, 11) is 0. The Morgan fingerprint density at radius 1 is 0.896 bits per heavy atom. The van der Waals surface area contributed by atoms with Gasteiger partial charge in [0.25, 0.3) is 5.56 Å². The number of esters is 1. The lowest BCUT2D eigenvalue weighted by Crippen LogP contribution is -2.39. The van der Waals surface area contributed by atoms with Gasteiger partial charge in [-0.2, -0.15) is 0 Å². The number of aryl methyl sites for hydroxylation is 1. The van der Waals surface area contributed by atoms with E-state index in [9.17, 15) is 9.59 Å². The number of rotatable bonds is 7. The number of thiazole rings is 1. The second kappa shape index (κ2) is 13.1. The largest absolute Gasteiger partial charge is 0.463 e. The molecule has 0 amide bonds. The normalized spacial score (nSPS) is 14.5. The molecular formula is C40H32ClN3O3S. The fourth-order valence-corrected chi connectivity index (χ4v) is 7.37. The maximum atomic E-state index is 14.5. The van der Waals surface area contributed by atoms with Crippen molar-refractivity contribution in [1.82, 2.24) is 9.13 Å². The molecule has 0 spiro atoms. The SMILES string of the molecule is CCOC(=O)C1=C(C)N=c2s/c(=C\c3cc(-c4ccccc4)n(-c4ccc(C)cc4)c3-c3ccccc3)c(=O)n2[C@H]1c1ccc(Cl)cc1. The van der Waals surface area contributed by atoms with Gasteiger partial charge in [0.1, 0.15) is 0 Å². The van der Waals surface area contributed by atoms with Gasteiger partial charge >= 0.3 is 5.97 Å². The first kappa shape index (κ1) is 31.4. The first-order valence-electron chi connectivity index (χ1n) is 15.7. The molecule has 238 valence electrons. The average Bonchev–Trinajstić information content (AvgIpc) is 3.62. The van der Waals surface area contributed by atoms with E-state index in [2.05, 4.69) is 66.1 Å². The molecule has 4 aromatic carbocycles. The molecule has 7 rings (SSSR count). The third kappa shape index (κ3) is 5.76. The molecule has 0 N–H and O–H groups in total. The van der Waals surface area contributed by atoms with Crippen LogP contribution in [-0.4, -0.2) is 21.7 Å². The zero-order chi connectivity index (χ0) is 33.4. The Labute approximate surface area is 287 Å². The Morgan fingerprint density at radius 3 is 2.19 bits per heavy atom. The van der Waals surface area contributed by atoms with Crippen LogP contribution >= 0.6 is 22.9 Å². The smallest absolute Gasteiger partial charge is 0.338 e. The van der Waals surface area contributed by atoms with Gasteiger partial charge in [-0.1, -0.05) is 113 Å². The number of hydrogen-bond donors (Lipinski definition) is 0. The first-order valence-corrected chi connectivity index (χ1v) is 16.9.